The Kier molecular flexibility index (Phi) is 11.6. The Balaban J connectivity index is 1.31. The average molecular weight is 741 g/mol. The van der Waals surface area contributed by atoms with Crippen molar-refractivity contribution < 1.29 is 29.1 Å². The summed E-state index contributed by atoms with van der Waals surface area (Å²) in [6.07, 6.45) is 0.454. The van der Waals surface area contributed by atoms with Crippen LogP contribution >= 0.6 is 0 Å². The third kappa shape index (κ3) is 7.78. The van der Waals surface area contributed by atoms with Crippen molar-refractivity contribution in [2.24, 2.45) is 29.1 Å². The van der Waals surface area contributed by atoms with Crippen LogP contribution in [0.2, 0.25) is 0 Å². The van der Waals surface area contributed by atoms with Crippen LogP contribution in [0.15, 0.2) is 66.7 Å². The van der Waals surface area contributed by atoms with Crippen LogP contribution < -0.4 is 30.9 Å². The molecule has 3 aromatic rings. The summed E-state index contributed by atoms with van der Waals surface area (Å²) >= 11 is 0. The molecule has 12 heteroatoms. The van der Waals surface area contributed by atoms with E-state index in [9.17, 15) is 19.5 Å². The van der Waals surface area contributed by atoms with E-state index in [2.05, 4.69) is 42.0 Å². The minimum atomic E-state index is -0.934. The summed E-state index contributed by atoms with van der Waals surface area (Å²) in [7, 11) is 7.04. The number of methoxy groups -OCH3 is 1. The Morgan fingerprint density at radius 2 is 1.80 bits per heavy atom. The van der Waals surface area contributed by atoms with E-state index in [0.29, 0.717) is 34.8 Å². The predicted octanol–water partition coefficient (Wildman–Crippen LogP) is 5.28. The molecule has 3 aromatic carbocycles. The molecule has 290 valence electrons. The molecule has 4 fully saturated rings. The molecule has 54 heavy (non-hydrogen) atoms. The molecule has 1 saturated heterocycles. The third-order valence-corrected chi connectivity index (χ3v) is 12.2. The van der Waals surface area contributed by atoms with Crippen molar-refractivity contribution in [3.63, 3.8) is 0 Å². The molecule has 2 bridgehead atoms. The smallest absolute Gasteiger partial charge is 0.319 e. The minimum absolute atomic E-state index is 0.0101. The molecule has 3 saturated carbocycles. The van der Waals surface area contributed by atoms with E-state index in [1.807, 2.05) is 73.6 Å². The first-order valence-electron chi connectivity index (χ1n) is 19.0. The lowest BCUT2D eigenvalue weighted by molar-refractivity contribution is -0.176. The molecule has 1 aliphatic heterocycles. The van der Waals surface area contributed by atoms with E-state index < -0.39 is 30.2 Å². The number of anilines is 2. The summed E-state index contributed by atoms with van der Waals surface area (Å²) < 4.78 is 6.06. The minimum Gasteiger partial charge on any atom is -0.496 e. The molecule has 0 aromatic heterocycles. The maximum atomic E-state index is 14.5. The number of urea groups is 1. The molecule has 4 aliphatic rings. The number of carbonyl (C=O) groups is 3. The number of aliphatic hydroxyl groups excluding tert-OH is 1. The highest BCUT2D eigenvalue weighted by Gasteiger charge is 2.57. The maximum absolute atomic E-state index is 14.5. The van der Waals surface area contributed by atoms with Crippen molar-refractivity contribution in [1.29, 1.82) is 0 Å². The standard InChI is InChI=1S/C42H56N6O6/c1-24-33-20-29(42(33,3)4)21-34(24)46-40(51)37-36(25(2)49)35(22-44-41(52)45-30-14-10-9-11-15-30)54-48(37)23-26-13-12-16-32(38(26)53-8)27-17-28(39(50)43-5)19-31(18-27)47(6)7/h9-19,24-25,29,33-37,49H,20-23H2,1-8H3,(H,43,50)(H,46,51)(H2,44,45,52)/t24-,25-,29+,33-,34-,35-,36+,37-/m0/s1. The van der Waals surface area contributed by atoms with Gasteiger partial charge in [0.2, 0.25) is 5.91 Å². The van der Waals surface area contributed by atoms with Crippen LogP contribution in [0.3, 0.4) is 0 Å². The van der Waals surface area contributed by atoms with Crippen LogP contribution in [0.1, 0.15) is 56.5 Å². The molecule has 5 N–H and O–H groups in total. The number of nitrogens with one attached hydrogen (secondary N) is 4. The molecule has 0 unspecified atom stereocenters. The highest BCUT2D eigenvalue weighted by Crippen LogP contribution is 2.61. The molecule has 0 spiro atoms. The molecule has 12 nitrogen and oxygen atoms in total. The van der Waals surface area contributed by atoms with Gasteiger partial charge in [-0.15, -0.1) is 0 Å². The van der Waals surface area contributed by atoms with Crippen molar-refractivity contribution in [3.8, 4) is 16.9 Å². The zero-order valence-electron chi connectivity index (χ0n) is 32.7. The number of hydrogen-bond donors (Lipinski definition) is 5. The zero-order chi connectivity index (χ0) is 38.9. The number of nitrogens with zero attached hydrogens (tertiary/aromatic N) is 2. The lowest BCUT2D eigenvalue weighted by Crippen LogP contribution is -2.62. The van der Waals surface area contributed by atoms with Crippen molar-refractivity contribution in [1.82, 2.24) is 21.0 Å². The zero-order valence-corrected chi connectivity index (χ0v) is 32.7. The number of para-hydroxylation sites is 2. The SMILES string of the molecule is CNC(=O)c1cc(-c2cccc(CN3O[C@@H](CNC(=O)Nc4ccccc4)[C@@H]([C@H](C)O)[C@H]3C(=O)N[C@H]3C[C@H]4C[C@@H]([C@@H]3C)C4(C)C)c2OC)cc(N(C)C)c1. The first-order valence-corrected chi connectivity index (χ1v) is 19.0. The van der Waals surface area contributed by atoms with Crippen LogP contribution in [0, 0.1) is 29.1 Å². The highest BCUT2D eigenvalue weighted by molar-refractivity contribution is 5.97. The van der Waals surface area contributed by atoms with Gasteiger partial charge in [-0.3, -0.25) is 14.4 Å². The first kappa shape index (κ1) is 39.1. The fraction of sp³-hybridized carbons (Fsp3) is 0.500. The first-order chi connectivity index (χ1) is 25.7. The van der Waals surface area contributed by atoms with Gasteiger partial charge in [-0.25, -0.2) is 4.79 Å². The van der Waals surface area contributed by atoms with E-state index in [4.69, 9.17) is 9.57 Å². The lowest BCUT2D eigenvalue weighted by Gasteiger charge is -2.62. The number of aliphatic hydroxyl groups is 1. The maximum Gasteiger partial charge on any atom is 0.319 e. The second-order valence-electron chi connectivity index (χ2n) is 16.0. The highest BCUT2D eigenvalue weighted by atomic mass is 16.7. The summed E-state index contributed by atoms with van der Waals surface area (Å²) in [5.41, 5.74) is 4.57. The van der Waals surface area contributed by atoms with E-state index in [1.54, 1.807) is 38.3 Å². The van der Waals surface area contributed by atoms with E-state index in [0.717, 1.165) is 28.8 Å². The topological polar surface area (TPSA) is 145 Å². The number of hydroxylamine groups is 2. The van der Waals surface area contributed by atoms with Gasteiger partial charge in [0, 0.05) is 67.7 Å². The summed E-state index contributed by atoms with van der Waals surface area (Å²) in [4.78, 5) is 48.8. The Hall–Kier alpha value is -4.65. The second-order valence-corrected chi connectivity index (χ2v) is 16.0. The van der Waals surface area contributed by atoms with Gasteiger partial charge in [0.25, 0.3) is 5.91 Å². The average Bonchev–Trinajstić information content (AvgIpc) is 3.52. The fourth-order valence-corrected chi connectivity index (χ4v) is 9.04. The van der Waals surface area contributed by atoms with Gasteiger partial charge in [-0.2, -0.15) is 5.06 Å². The summed E-state index contributed by atoms with van der Waals surface area (Å²) in [6.45, 7) is 8.78. The number of amides is 4. The molecule has 8 atom stereocenters. The monoisotopic (exact) mass is 740 g/mol. The quantitative estimate of drug-likeness (QED) is 0.169. The second kappa shape index (κ2) is 16.0. The Labute approximate surface area is 318 Å². The third-order valence-electron chi connectivity index (χ3n) is 12.2. The van der Waals surface area contributed by atoms with Crippen molar-refractivity contribution in [3.05, 3.63) is 77.9 Å². The number of hydrogen-bond acceptors (Lipinski definition) is 8. The lowest BCUT2D eigenvalue weighted by atomic mass is 9.45. The molecular formula is C42H56N6O6. The van der Waals surface area contributed by atoms with Gasteiger partial charge >= 0.3 is 6.03 Å². The van der Waals surface area contributed by atoms with E-state index >= 15 is 0 Å². The van der Waals surface area contributed by atoms with Crippen molar-refractivity contribution in [2.45, 2.75) is 71.4 Å². The number of rotatable bonds is 12. The Bertz CT molecular complexity index is 1830. The fourth-order valence-electron chi connectivity index (χ4n) is 9.04. The largest absolute Gasteiger partial charge is 0.496 e. The Morgan fingerprint density at radius 3 is 2.43 bits per heavy atom. The van der Waals surface area contributed by atoms with Gasteiger partial charge in [0.1, 0.15) is 17.9 Å². The number of benzene rings is 3. The molecular weight excluding hydrogens is 684 g/mol. The van der Waals surface area contributed by atoms with Crippen LogP contribution in [0.25, 0.3) is 11.1 Å². The van der Waals surface area contributed by atoms with Crippen LogP contribution in [-0.4, -0.2) is 87.1 Å². The van der Waals surface area contributed by atoms with Crippen LogP contribution in [0.4, 0.5) is 16.2 Å². The normalized spacial score (nSPS) is 26.2. The summed E-state index contributed by atoms with van der Waals surface area (Å²) in [5, 5.41) is 24.7. The van der Waals surface area contributed by atoms with Gasteiger partial charge in [0.05, 0.1) is 19.8 Å². The molecule has 7 rings (SSSR count). The van der Waals surface area contributed by atoms with Gasteiger partial charge < -0.3 is 36.0 Å². The molecule has 4 amide bonds. The van der Waals surface area contributed by atoms with E-state index in [1.165, 1.54) is 6.42 Å². The van der Waals surface area contributed by atoms with Gasteiger partial charge in [-0.1, -0.05) is 57.2 Å². The predicted molar refractivity (Wildman–Crippen MR) is 210 cm³/mol. The number of carbonyl (C=O) groups excluding carboxylic acids is 3. The molecule has 0 radical (unpaired) electrons. The van der Waals surface area contributed by atoms with Crippen molar-refractivity contribution in [2.75, 3.05) is 45.0 Å². The van der Waals surface area contributed by atoms with Crippen LogP contribution in [0.5, 0.6) is 5.75 Å². The summed E-state index contributed by atoms with van der Waals surface area (Å²) in [6, 6.07) is 19.3. The summed E-state index contributed by atoms with van der Waals surface area (Å²) in [5.74, 6) is 0.887. The van der Waals surface area contributed by atoms with Crippen molar-refractivity contribution >= 4 is 29.2 Å². The van der Waals surface area contributed by atoms with Gasteiger partial charge in [0.15, 0.2) is 0 Å². The number of ether oxygens (including phenoxy) is 1. The van der Waals surface area contributed by atoms with Crippen LogP contribution in [-0.2, 0) is 16.2 Å². The Morgan fingerprint density at radius 1 is 1.06 bits per heavy atom. The van der Waals surface area contributed by atoms with E-state index in [-0.39, 0.29) is 36.4 Å². The van der Waals surface area contributed by atoms with Gasteiger partial charge in [-0.05, 0) is 78.8 Å². The molecule has 3 aliphatic carbocycles. The molecule has 1 heterocycles. The number of fused-ring (bicyclic) bond motifs is 2.